The lowest BCUT2D eigenvalue weighted by Gasteiger charge is -2.15. The number of hydrogen-bond acceptors (Lipinski definition) is 3. The van der Waals surface area contributed by atoms with Crippen LogP contribution in [0.5, 0.6) is 0 Å². The zero-order valence-electron chi connectivity index (χ0n) is 6.79. The normalized spacial score (nSPS) is 26.8. The van der Waals surface area contributed by atoms with Crippen molar-refractivity contribution in [1.29, 1.82) is 0 Å². The minimum absolute atomic E-state index is 0.248. The van der Waals surface area contributed by atoms with Gasteiger partial charge in [-0.1, -0.05) is 0 Å². The lowest BCUT2D eigenvalue weighted by molar-refractivity contribution is -0.121. The lowest BCUT2D eigenvalue weighted by Crippen LogP contribution is -2.25. The number of aldehydes is 1. The van der Waals surface area contributed by atoms with Gasteiger partial charge in [0.2, 0.25) is 0 Å². The van der Waals surface area contributed by atoms with E-state index in [1.807, 2.05) is 6.92 Å². The molecule has 0 bridgehead atoms. The summed E-state index contributed by atoms with van der Waals surface area (Å²) in [5.41, 5.74) is 0. The molecule has 0 spiro atoms. The molecule has 2 unspecified atom stereocenters. The Balaban J connectivity index is 2.33. The van der Waals surface area contributed by atoms with Crippen LogP contribution in [0.15, 0.2) is 0 Å². The van der Waals surface area contributed by atoms with Gasteiger partial charge in [-0.05, 0) is 13.3 Å². The minimum Gasteiger partial charge on any atom is -0.381 e. The van der Waals surface area contributed by atoms with Crippen LogP contribution in [0.25, 0.3) is 0 Å². The van der Waals surface area contributed by atoms with Gasteiger partial charge in [-0.3, -0.25) is 0 Å². The maximum absolute atomic E-state index is 10.5. The molecule has 0 aliphatic carbocycles. The molecule has 1 rings (SSSR count). The lowest BCUT2D eigenvalue weighted by atomic mass is 10.0. The van der Waals surface area contributed by atoms with E-state index >= 15 is 0 Å². The molecule has 0 saturated carbocycles. The number of hydrogen-bond donors (Lipinski definition) is 0. The summed E-state index contributed by atoms with van der Waals surface area (Å²) in [6.07, 6.45) is 1.58. The van der Waals surface area contributed by atoms with Gasteiger partial charge in [0.1, 0.15) is 12.4 Å². The van der Waals surface area contributed by atoms with Crippen LogP contribution in [0.3, 0.4) is 0 Å². The van der Waals surface area contributed by atoms with Gasteiger partial charge < -0.3 is 14.3 Å². The molecule has 0 aromatic carbocycles. The molecular formula is C8H14O3. The molecule has 1 fully saturated rings. The molecule has 1 heterocycles. The Morgan fingerprint density at radius 2 is 2.64 bits per heavy atom. The van der Waals surface area contributed by atoms with E-state index in [4.69, 9.17) is 9.47 Å². The Hall–Kier alpha value is -0.410. The van der Waals surface area contributed by atoms with Crippen molar-refractivity contribution >= 4 is 6.29 Å². The summed E-state index contributed by atoms with van der Waals surface area (Å²) in [7, 11) is 0. The molecule has 0 amide bonds. The minimum atomic E-state index is -0.248. The number of ether oxygens (including phenoxy) is 2. The summed E-state index contributed by atoms with van der Waals surface area (Å²) in [5, 5.41) is 0. The highest BCUT2D eigenvalue weighted by Crippen LogP contribution is 2.17. The van der Waals surface area contributed by atoms with Crippen molar-refractivity contribution in [3.05, 3.63) is 0 Å². The van der Waals surface area contributed by atoms with Crippen molar-refractivity contribution in [1.82, 2.24) is 0 Å². The zero-order chi connectivity index (χ0) is 8.10. The SMILES string of the molecule is CCOC(C=O)C1CCOC1. The van der Waals surface area contributed by atoms with Crippen LogP contribution in [-0.4, -0.2) is 32.2 Å². The quantitative estimate of drug-likeness (QED) is 0.563. The summed E-state index contributed by atoms with van der Waals surface area (Å²) in [5.74, 6) is 0.285. The van der Waals surface area contributed by atoms with E-state index in [1.165, 1.54) is 0 Å². The van der Waals surface area contributed by atoms with Crippen molar-refractivity contribution < 1.29 is 14.3 Å². The molecule has 3 nitrogen and oxygen atoms in total. The van der Waals surface area contributed by atoms with Crippen LogP contribution in [0, 0.1) is 5.92 Å². The van der Waals surface area contributed by atoms with Gasteiger partial charge in [-0.25, -0.2) is 0 Å². The van der Waals surface area contributed by atoms with Crippen LogP contribution >= 0.6 is 0 Å². The second-order valence-electron chi connectivity index (χ2n) is 2.68. The molecule has 3 heteroatoms. The van der Waals surface area contributed by atoms with E-state index in [-0.39, 0.29) is 12.0 Å². The predicted molar refractivity (Wildman–Crippen MR) is 40.4 cm³/mol. The highest BCUT2D eigenvalue weighted by Gasteiger charge is 2.25. The summed E-state index contributed by atoms with van der Waals surface area (Å²) >= 11 is 0. The Morgan fingerprint density at radius 3 is 3.09 bits per heavy atom. The predicted octanol–water partition coefficient (Wildman–Crippen LogP) is 0.627. The third-order valence-electron chi connectivity index (χ3n) is 1.92. The first kappa shape index (κ1) is 8.68. The molecule has 11 heavy (non-hydrogen) atoms. The average Bonchev–Trinajstić information content (AvgIpc) is 2.52. The summed E-state index contributed by atoms with van der Waals surface area (Å²) < 4.78 is 10.4. The standard InChI is InChI=1S/C8H14O3/c1-2-11-8(5-9)7-3-4-10-6-7/h5,7-8H,2-4,6H2,1H3. The Labute approximate surface area is 66.7 Å². The van der Waals surface area contributed by atoms with E-state index in [2.05, 4.69) is 0 Å². The van der Waals surface area contributed by atoms with Crippen molar-refractivity contribution in [3.63, 3.8) is 0 Å². The smallest absolute Gasteiger partial charge is 0.149 e. The second kappa shape index (κ2) is 4.46. The zero-order valence-corrected chi connectivity index (χ0v) is 6.79. The summed E-state index contributed by atoms with van der Waals surface area (Å²) in [4.78, 5) is 10.5. The first-order chi connectivity index (χ1) is 5.38. The van der Waals surface area contributed by atoms with E-state index in [0.29, 0.717) is 13.2 Å². The molecule has 2 atom stereocenters. The molecule has 1 saturated heterocycles. The van der Waals surface area contributed by atoms with Crippen molar-refractivity contribution in [3.8, 4) is 0 Å². The molecule has 0 N–H and O–H groups in total. The average molecular weight is 158 g/mol. The van der Waals surface area contributed by atoms with Gasteiger partial charge in [0.25, 0.3) is 0 Å². The second-order valence-corrected chi connectivity index (χ2v) is 2.68. The highest BCUT2D eigenvalue weighted by atomic mass is 16.5. The number of rotatable bonds is 4. The Morgan fingerprint density at radius 1 is 1.82 bits per heavy atom. The third kappa shape index (κ3) is 2.27. The number of carbonyl (C=O) groups is 1. The van der Waals surface area contributed by atoms with E-state index in [9.17, 15) is 4.79 Å². The fourth-order valence-corrected chi connectivity index (χ4v) is 1.29. The topological polar surface area (TPSA) is 35.5 Å². The van der Waals surface area contributed by atoms with E-state index < -0.39 is 0 Å². The molecular weight excluding hydrogens is 144 g/mol. The van der Waals surface area contributed by atoms with Gasteiger partial charge in [0, 0.05) is 19.1 Å². The van der Waals surface area contributed by atoms with Gasteiger partial charge in [-0.15, -0.1) is 0 Å². The van der Waals surface area contributed by atoms with Crippen LogP contribution in [-0.2, 0) is 14.3 Å². The monoisotopic (exact) mass is 158 g/mol. The van der Waals surface area contributed by atoms with Crippen molar-refractivity contribution in [2.45, 2.75) is 19.4 Å². The summed E-state index contributed by atoms with van der Waals surface area (Å²) in [6.45, 7) is 3.93. The van der Waals surface area contributed by atoms with Crippen LogP contribution in [0.1, 0.15) is 13.3 Å². The van der Waals surface area contributed by atoms with Gasteiger partial charge in [-0.2, -0.15) is 0 Å². The maximum atomic E-state index is 10.5. The maximum Gasteiger partial charge on any atom is 0.149 e. The summed E-state index contributed by atoms with van der Waals surface area (Å²) in [6, 6.07) is 0. The largest absolute Gasteiger partial charge is 0.381 e. The molecule has 1 aliphatic rings. The van der Waals surface area contributed by atoms with Crippen molar-refractivity contribution in [2.24, 2.45) is 5.92 Å². The van der Waals surface area contributed by atoms with Crippen LogP contribution in [0.2, 0.25) is 0 Å². The fourth-order valence-electron chi connectivity index (χ4n) is 1.29. The van der Waals surface area contributed by atoms with Crippen LogP contribution in [0.4, 0.5) is 0 Å². The number of carbonyl (C=O) groups excluding carboxylic acids is 1. The first-order valence-electron chi connectivity index (χ1n) is 4.03. The molecule has 0 aromatic rings. The molecule has 0 radical (unpaired) electrons. The van der Waals surface area contributed by atoms with E-state index in [0.717, 1.165) is 19.3 Å². The van der Waals surface area contributed by atoms with E-state index in [1.54, 1.807) is 0 Å². The van der Waals surface area contributed by atoms with Crippen LogP contribution < -0.4 is 0 Å². The molecule has 64 valence electrons. The Bertz CT molecular complexity index is 119. The molecule has 1 aliphatic heterocycles. The molecule has 0 aromatic heterocycles. The highest BCUT2D eigenvalue weighted by molar-refractivity contribution is 5.56. The fraction of sp³-hybridized carbons (Fsp3) is 0.875. The van der Waals surface area contributed by atoms with Gasteiger partial charge in [0.15, 0.2) is 0 Å². The van der Waals surface area contributed by atoms with Crippen molar-refractivity contribution in [2.75, 3.05) is 19.8 Å². The van der Waals surface area contributed by atoms with Gasteiger partial charge >= 0.3 is 0 Å². The first-order valence-corrected chi connectivity index (χ1v) is 4.03. The Kier molecular flexibility index (Phi) is 3.52. The third-order valence-corrected chi connectivity index (χ3v) is 1.92. The van der Waals surface area contributed by atoms with Gasteiger partial charge in [0.05, 0.1) is 6.61 Å².